The molecule has 0 saturated carbocycles. The number of carbonyl (C=O) groups excluding carboxylic acids is 2. The maximum Gasteiger partial charge on any atom is 0.339 e. The first-order valence-corrected chi connectivity index (χ1v) is 8.44. The highest BCUT2D eigenvalue weighted by Crippen LogP contribution is 2.34. The number of rotatable bonds is 5. The van der Waals surface area contributed by atoms with E-state index >= 15 is 0 Å². The molecule has 0 radical (unpaired) electrons. The van der Waals surface area contributed by atoms with Crippen molar-refractivity contribution < 1.29 is 23.8 Å². The minimum Gasteiger partial charge on any atom is -0.462 e. The van der Waals surface area contributed by atoms with Crippen LogP contribution < -0.4 is 14.8 Å². The molecule has 1 N–H and O–H groups in total. The van der Waals surface area contributed by atoms with Crippen molar-refractivity contribution in [2.45, 2.75) is 20.3 Å². The van der Waals surface area contributed by atoms with Gasteiger partial charge in [0.05, 0.1) is 12.2 Å². The van der Waals surface area contributed by atoms with Crippen LogP contribution >= 0.6 is 11.3 Å². The lowest BCUT2D eigenvalue weighted by Crippen LogP contribution is -2.15. The Morgan fingerprint density at radius 3 is 2.75 bits per heavy atom. The number of benzene rings is 1. The van der Waals surface area contributed by atoms with Crippen molar-refractivity contribution >= 4 is 28.9 Å². The Bertz CT molecular complexity index is 783. The fourth-order valence-corrected chi connectivity index (χ4v) is 3.29. The van der Waals surface area contributed by atoms with E-state index in [9.17, 15) is 9.59 Å². The number of ether oxygens (including phenoxy) is 3. The van der Waals surface area contributed by atoms with Crippen LogP contribution in [0.1, 0.15) is 38.8 Å². The lowest BCUT2D eigenvalue weighted by Gasteiger charge is -2.07. The van der Waals surface area contributed by atoms with Crippen molar-refractivity contribution in [1.82, 2.24) is 0 Å². The van der Waals surface area contributed by atoms with Crippen molar-refractivity contribution in [3.8, 4) is 11.5 Å². The zero-order chi connectivity index (χ0) is 17.1. The van der Waals surface area contributed by atoms with Gasteiger partial charge in [-0.3, -0.25) is 4.79 Å². The molecule has 0 bridgehead atoms. The maximum absolute atomic E-state index is 12.6. The third kappa shape index (κ3) is 3.21. The van der Waals surface area contributed by atoms with Gasteiger partial charge in [0.25, 0.3) is 5.91 Å². The second-order valence-corrected chi connectivity index (χ2v) is 6.19. The molecule has 0 spiro atoms. The van der Waals surface area contributed by atoms with E-state index in [1.165, 1.54) is 11.3 Å². The number of nitrogens with one attached hydrogen (secondary N) is 1. The molecule has 2 aromatic rings. The van der Waals surface area contributed by atoms with Gasteiger partial charge in [-0.2, -0.15) is 0 Å². The third-order valence-corrected chi connectivity index (χ3v) is 4.74. The van der Waals surface area contributed by atoms with Crippen LogP contribution in [-0.4, -0.2) is 25.3 Å². The van der Waals surface area contributed by atoms with Crippen LogP contribution in [0.2, 0.25) is 0 Å². The maximum atomic E-state index is 12.6. The molecule has 24 heavy (non-hydrogen) atoms. The van der Waals surface area contributed by atoms with E-state index in [1.807, 2.05) is 6.92 Å². The lowest BCUT2D eigenvalue weighted by atomic mass is 10.2. The molecule has 0 fully saturated rings. The summed E-state index contributed by atoms with van der Waals surface area (Å²) in [6, 6.07) is 6.87. The van der Waals surface area contributed by atoms with Gasteiger partial charge in [0.1, 0.15) is 4.88 Å². The van der Waals surface area contributed by atoms with Crippen molar-refractivity contribution in [1.29, 1.82) is 0 Å². The summed E-state index contributed by atoms with van der Waals surface area (Å²) in [6.07, 6.45) is 0.744. The molecule has 6 nitrogen and oxygen atoms in total. The van der Waals surface area contributed by atoms with Crippen molar-refractivity contribution in [3.63, 3.8) is 0 Å². The predicted molar refractivity (Wildman–Crippen MR) is 90.2 cm³/mol. The van der Waals surface area contributed by atoms with E-state index < -0.39 is 5.97 Å². The highest BCUT2D eigenvalue weighted by atomic mass is 32.1. The van der Waals surface area contributed by atoms with E-state index in [1.54, 1.807) is 31.2 Å². The van der Waals surface area contributed by atoms with E-state index in [-0.39, 0.29) is 19.3 Å². The van der Waals surface area contributed by atoms with E-state index in [0.717, 1.165) is 11.3 Å². The molecule has 1 aromatic carbocycles. The zero-order valence-electron chi connectivity index (χ0n) is 13.4. The number of aryl methyl sites for hydroxylation is 1. The van der Waals surface area contributed by atoms with Crippen LogP contribution in [0.25, 0.3) is 0 Å². The number of amides is 1. The molecule has 0 atom stereocenters. The molecule has 7 heteroatoms. The normalized spacial score (nSPS) is 12.1. The quantitative estimate of drug-likeness (QED) is 0.839. The van der Waals surface area contributed by atoms with Gasteiger partial charge in [0.15, 0.2) is 11.5 Å². The van der Waals surface area contributed by atoms with Crippen LogP contribution in [-0.2, 0) is 11.2 Å². The number of fused-ring (bicyclic) bond motifs is 1. The topological polar surface area (TPSA) is 73.9 Å². The fraction of sp³-hybridized carbons (Fsp3) is 0.294. The summed E-state index contributed by atoms with van der Waals surface area (Å²) in [5.41, 5.74) is 0.877. The smallest absolute Gasteiger partial charge is 0.339 e. The predicted octanol–water partition coefficient (Wildman–Crippen LogP) is 3.47. The van der Waals surface area contributed by atoms with Crippen molar-refractivity contribution in [2.24, 2.45) is 0 Å². The Morgan fingerprint density at radius 1 is 1.21 bits per heavy atom. The first-order valence-electron chi connectivity index (χ1n) is 7.63. The third-order valence-electron chi connectivity index (χ3n) is 3.46. The number of esters is 1. The van der Waals surface area contributed by atoms with Crippen LogP contribution in [0.4, 0.5) is 5.69 Å². The minimum atomic E-state index is -0.482. The summed E-state index contributed by atoms with van der Waals surface area (Å²) in [4.78, 5) is 26.0. The van der Waals surface area contributed by atoms with E-state index in [2.05, 4.69) is 5.32 Å². The molecule has 1 amide bonds. The average molecular weight is 347 g/mol. The summed E-state index contributed by atoms with van der Waals surface area (Å²) in [6.45, 7) is 4.14. The number of carbonyl (C=O) groups is 2. The number of hydrogen-bond donors (Lipinski definition) is 1. The van der Waals surface area contributed by atoms with Crippen molar-refractivity contribution in [3.05, 3.63) is 39.6 Å². The Balaban J connectivity index is 1.84. The molecule has 0 unspecified atom stereocenters. The summed E-state index contributed by atoms with van der Waals surface area (Å²) in [7, 11) is 0. The van der Waals surface area contributed by atoms with Crippen LogP contribution in [0.3, 0.4) is 0 Å². The summed E-state index contributed by atoms with van der Waals surface area (Å²) >= 11 is 1.30. The van der Waals surface area contributed by atoms with Gasteiger partial charge in [0.2, 0.25) is 6.79 Å². The van der Waals surface area contributed by atoms with Gasteiger partial charge in [-0.25, -0.2) is 4.79 Å². The van der Waals surface area contributed by atoms with Crippen LogP contribution in [0, 0.1) is 0 Å². The highest BCUT2D eigenvalue weighted by molar-refractivity contribution is 7.14. The van der Waals surface area contributed by atoms with Gasteiger partial charge in [-0.15, -0.1) is 11.3 Å². The molecular formula is C17H17NO5S. The number of hydrogen-bond acceptors (Lipinski definition) is 6. The van der Waals surface area contributed by atoms with Crippen LogP contribution in [0.5, 0.6) is 11.5 Å². The second kappa shape index (κ2) is 6.92. The molecule has 126 valence electrons. The van der Waals surface area contributed by atoms with Gasteiger partial charge in [0, 0.05) is 16.6 Å². The molecule has 2 heterocycles. The Hall–Kier alpha value is -2.54. The first kappa shape index (κ1) is 16.3. The van der Waals surface area contributed by atoms with Gasteiger partial charge in [-0.1, -0.05) is 6.92 Å². The van der Waals surface area contributed by atoms with Crippen LogP contribution in [0.15, 0.2) is 24.3 Å². The molecule has 1 aliphatic heterocycles. The van der Waals surface area contributed by atoms with Gasteiger partial charge < -0.3 is 19.5 Å². The Kier molecular flexibility index (Phi) is 4.71. The number of thiophene rings is 1. The first-order chi connectivity index (χ1) is 11.6. The highest BCUT2D eigenvalue weighted by Gasteiger charge is 2.23. The van der Waals surface area contributed by atoms with Crippen molar-refractivity contribution in [2.75, 3.05) is 18.7 Å². The summed E-state index contributed by atoms with van der Waals surface area (Å²) in [5.74, 6) is 0.398. The van der Waals surface area contributed by atoms with E-state index in [0.29, 0.717) is 27.6 Å². The SMILES string of the molecule is CCOC(=O)c1cc(CC)sc1C(=O)Nc1ccc2c(c1)OCO2. The zero-order valence-corrected chi connectivity index (χ0v) is 14.2. The van der Waals surface area contributed by atoms with Gasteiger partial charge >= 0.3 is 5.97 Å². The minimum absolute atomic E-state index is 0.171. The standard InChI is InChI=1S/C17H17NO5S/c1-3-11-8-12(17(20)21-4-2)15(24-11)16(19)18-10-5-6-13-14(7-10)23-9-22-13/h5-8H,3-4,9H2,1-2H3,(H,18,19). The molecular weight excluding hydrogens is 330 g/mol. The fourth-order valence-electron chi connectivity index (χ4n) is 2.31. The second-order valence-electron chi connectivity index (χ2n) is 5.05. The summed E-state index contributed by atoms with van der Waals surface area (Å²) in [5, 5.41) is 2.79. The Morgan fingerprint density at radius 2 is 2.00 bits per heavy atom. The molecule has 3 rings (SSSR count). The number of anilines is 1. The Labute approximate surface area is 143 Å². The monoisotopic (exact) mass is 347 g/mol. The summed E-state index contributed by atoms with van der Waals surface area (Å²) < 4.78 is 15.6. The van der Waals surface area contributed by atoms with Gasteiger partial charge in [-0.05, 0) is 31.5 Å². The average Bonchev–Trinajstić information content (AvgIpc) is 3.21. The molecule has 1 aliphatic rings. The largest absolute Gasteiger partial charge is 0.462 e. The molecule has 0 saturated heterocycles. The lowest BCUT2D eigenvalue weighted by molar-refractivity contribution is 0.0524. The van der Waals surface area contributed by atoms with E-state index in [4.69, 9.17) is 14.2 Å². The molecule has 0 aliphatic carbocycles. The molecule has 1 aromatic heterocycles.